The number of hydrogen-bond acceptors (Lipinski definition) is 5. The number of anilines is 1. The van der Waals surface area contributed by atoms with E-state index >= 15 is 0 Å². The summed E-state index contributed by atoms with van der Waals surface area (Å²) in [5, 5.41) is 9.94. The van der Waals surface area contributed by atoms with Gasteiger partial charge in [0.2, 0.25) is 10.0 Å². The van der Waals surface area contributed by atoms with Crippen molar-refractivity contribution >= 4 is 43.4 Å². The Morgan fingerprint density at radius 1 is 1.55 bits per heavy atom. The Morgan fingerprint density at radius 3 is 2.70 bits per heavy atom. The Labute approximate surface area is 130 Å². The molecule has 0 radical (unpaired) electrons. The summed E-state index contributed by atoms with van der Waals surface area (Å²) in [5.41, 5.74) is 4.15. The van der Waals surface area contributed by atoms with Crippen molar-refractivity contribution in [3.8, 4) is 0 Å². The number of nitrogen functional groups attached to an aromatic ring is 1. The van der Waals surface area contributed by atoms with Crippen LogP contribution in [-0.2, 0) is 10.0 Å². The second kappa shape index (κ2) is 6.61. The first-order valence-electron chi connectivity index (χ1n) is 5.54. The predicted octanol–water partition coefficient (Wildman–Crippen LogP) is 1.56. The van der Waals surface area contributed by atoms with Gasteiger partial charge in [-0.3, -0.25) is 0 Å². The quantitative estimate of drug-likeness (QED) is 0.645. The smallest absolute Gasteiger partial charge is 0.242 e. The van der Waals surface area contributed by atoms with Crippen molar-refractivity contribution in [1.29, 1.82) is 0 Å². The van der Waals surface area contributed by atoms with Gasteiger partial charge < -0.3 is 10.8 Å². The standard InChI is InChI=1S/C11H16BrFN2O3S2/c1-11(16,6-19-2)5-15-20(17,18)10-3-7(12)8(13)4-9(10)14/h3-4,15-16H,5-6,14H2,1-2H3. The van der Waals surface area contributed by atoms with E-state index in [-0.39, 0.29) is 21.6 Å². The number of aliphatic hydroxyl groups is 1. The van der Waals surface area contributed by atoms with Crippen LogP contribution in [0.2, 0.25) is 0 Å². The van der Waals surface area contributed by atoms with Gasteiger partial charge in [0.05, 0.1) is 15.8 Å². The van der Waals surface area contributed by atoms with Crippen LogP contribution in [0, 0.1) is 5.82 Å². The van der Waals surface area contributed by atoms with Gasteiger partial charge >= 0.3 is 0 Å². The maximum absolute atomic E-state index is 13.2. The number of benzene rings is 1. The molecule has 4 N–H and O–H groups in total. The molecule has 0 bridgehead atoms. The van der Waals surface area contributed by atoms with Crippen LogP contribution in [-0.4, -0.2) is 37.7 Å². The van der Waals surface area contributed by atoms with E-state index in [4.69, 9.17) is 5.73 Å². The van der Waals surface area contributed by atoms with E-state index in [0.29, 0.717) is 5.75 Å². The largest absolute Gasteiger partial charge is 0.398 e. The Hall–Kier alpha value is -0.350. The third kappa shape index (κ3) is 4.59. The fourth-order valence-electron chi connectivity index (χ4n) is 1.47. The first-order chi connectivity index (χ1) is 9.09. The summed E-state index contributed by atoms with van der Waals surface area (Å²) in [5.74, 6) is -0.270. The zero-order valence-corrected chi connectivity index (χ0v) is 14.2. The normalized spacial score (nSPS) is 15.1. The molecule has 1 aromatic carbocycles. The monoisotopic (exact) mass is 386 g/mol. The molecule has 0 spiro atoms. The SMILES string of the molecule is CSCC(C)(O)CNS(=O)(=O)c1cc(Br)c(F)cc1N. The van der Waals surface area contributed by atoms with Crippen LogP contribution in [0.4, 0.5) is 10.1 Å². The molecule has 0 amide bonds. The third-order valence-corrected chi connectivity index (χ3v) is 5.42. The summed E-state index contributed by atoms with van der Waals surface area (Å²) in [7, 11) is -3.92. The zero-order chi connectivity index (χ0) is 15.6. The molecule has 0 fully saturated rings. The lowest BCUT2D eigenvalue weighted by Gasteiger charge is -2.22. The van der Waals surface area contributed by atoms with Gasteiger partial charge in [0.25, 0.3) is 0 Å². The van der Waals surface area contributed by atoms with Gasteiger partial charge in [0.1, 0.15) is 10.7 Å². The third-order valence-electron chi connectivity index (χ3n) is 2.44. The molecule has 0 aliphatic carbocycles. The zero-order valence-electron chi connectivity index (χ0n) is 11.0. The number of nitrogens with one attached hydrogen (secondary N) is 1. The minimum atomic E-state index is -3.92. The molecule has 1 aromatic rings. The predicted molar refractivity (Wildman–Crippen MR) is 82.7 cm³/mol. The molecule has 9 heteroatoms. The van der Waals surface area contributed by atoms with Gasteiger partial charge in [-0.25, -0.2) is 17.5 Å². The van der Waals surface area contributed by atoms with Crippen LogP contribution in [0.15, 0.2) is 21.5 Å². The summed E-state index contributed by atoms with van der Waals surface area (Å²) in [4.78, 5) is -0.231. The highest BCUT2D eigenvalue weighted by molar-refractivity contribution is 9.10. The molecule has 0 saturated carbocycles. The van der Waals surface area contributed by atoms with Gasteiger partial charge in [-0.05, 0) is 41.2 Å². The van der Waals surface area contributed by atoms with Crippen molar-refractivity contribution in [3.05, 3.63) is 22.4 Å². The minimum Gasteiger partial charge on any atom is -0.398 e. The van der Waals surface area contributed by atoms with E-state index in [1.54, 1.807) is 6.26 Å². The number of nitrogens with two attached hydrogens (primary N) is 1. The molecular formula is C11H16BrFN2O3S2. The van der Waals surface area contributed by atoms with E-state index in [0.717, 1.165) is 12.1 Å². The average molecular weight is 387 g/mol. The van der Waals surface area contributed by atoms with Crippen LogP contribution >= 0.6 is 27.7 Å². The van der Waals surface area contributed by atoms with Crippen LogP contribution in [0.3, 0.4) is 0 Å². The average Bonchev–Trinajstić information content (AvgIpc) is 2.31. The van der Waals surface area contributed by atoms with Gasteiger partial charge in [-0.2, -0.15) is 11.8 Å². The molecule has 0 aliphatic heterocycles. The van der Waals surface area contributed by atoms with E-state index in [9.17, 15) is 17.9 Å². The van der Waals surface area contributed by atoms with Gasteiger partial charge in [0.15, 0.2) is 0 Å². The molecule has 1 unspecified atom stereocenters. The fraction of sp³-hybridized carbons (Fsp3) is 0.455. The molecule has 0 aliphatic rings. The van der Waals surface area contributed by atoms with Crippen LogP contribution in [0.1, 0.15) is 6.92 Å². The van der Waals surface area contributed by atoms with Crippen LogP contribution in [0.25, 0.3) is 0 Å². The first kappa shape index (κ1) is 17.7. The molecule has 0 aromatic heterocycles. The lowest BCUT2D eigenvalue weighted by molar-refractivity contribution is 0.0908. The van der Waals surface area contributed by atoms with Crippen molar-refractivity contribution in [2.45, 2.75) is 17.4 Å². The number of hydrogen-bond donors (Lipinski definition) is 3. The highest BCUT2D eigenvalue weighted by Gasteiger charge is 2.25. The topological polar surface area (TPSA) is 92.4 Å². The second-order valence-corrected chi connectivity index (χ2v) is 8.01. The van der Waals surface area contributed by atoms with Crippen molar-refractivity contribution in [2.24, 2.45) is 0 Å². The molecular weight excluding hydrogens is 371 g/mol. The number of sulfonamides is 1. The van der Waals surface area contributed by atoms with Crippen LogP contribution < -0.4 is 10.5 Å². The summed E-state index contributed by atoms with van der Waals surface area (Å²) >= 11 is 4.31. The van der Waals surface area contributed by atoms with E-state index in [2.05, 4.69) is 20.7 Å². The van der Waals surface area contributed by atoms with Gasteiger partial charge in [-0.1, -0.05) is 0 Å². The lowest BCUT2D eigenvalue weighted by Crippen LogP contribution is -2.42. The van der Waals surface area contributed by atoms with Crippen molar-refractivity contribution < 1.29 is 17.9 Å². The van der Waals surface area contributed by atoms with E-state index < -0.39 is 21.4 Å². The molecule has 20 heavy (non-hydrogen) atoms. The molecule has 0 heterocycles. The maximum Gasteiger partial charge on any atom is 0.242 e. The molecule has 0 saturated heterocycles. The fourth-order valence-corrected chi connectivity index (χ4v) is 3.98. The van der Waals surface area contributed by atoms with Crippen molar-refractivity contribution in [2.75, 3.05) is 24.3 Å². The molecule has 1 atom stereocenters. The number of rotatable bonds is 6. The number of thioether (sulfide) groups is 1. The minimum absolute atomic E-state index is 0.00273. The van der Waals surface area contributed by atoms with E-state index in [1.165, 1.54) is 18.7 Å². The maximum atomic E-state index is 13.2. The first-order valence-corrected chi connectivity index (χ1v) is 9.21. The molecule has 114 valence electrons. The molecule has 5 nitrogen and oxygen atoms in total. The number of halogens is 2. The second-order valence-electron chi connectivity index (χ2n) is 4.56. The lowest BCUT2D eigenvalue weighted by atomic mass is 10.1. The highest BCUT2D eigenvalue weighted by Crippen LogP contribution is 2.26. The highest BCUT2D eigenvalue weighted by atomic mass is 79.9. The van der Waals surface area contributed by atoms with Gasteiger partial charge in [-0.15, -0.1) is 0 Å². The Bertz CT molecular complexity index is 594. The summed E-state index contributed by atoms with van der Waals surface area (Å²) < 4.78 is 39.7. The Balaban J connectivity index is 2.98. The molecule has 1 rings (SSSR count). The summed E-state index contributed by atoms with van der Waals surface area (Å²) in [6, 6.07) is 2.02. The van der Waals surface area contributed by atoms with Gasteiger partial charge in [0, 0.05) is 12.3 Å². The van der Waals surface area contributed by atoms with Crippen molar-refractivity contribution in [1.82, 2.24) is 4.72 Å². The van der Waals surface area contributed by atoms with Crippen LogP contribution in [0.5, 0.6) is 0 Å². The Kier molecular flexibility index (Phi) is 5.85. The van der Waals surface area contributed by atoms with Crippen molar-refractivity contribution in [3.63, 3.8) is 0 Å². The summed E-state index contributed by atoms with van der Waals surface area (Å²) in [6.45, 7) is 1.36. The Morgan fingerprint density at radius 2 is 2.15 bits per heavy atom. The summed E-state index contributed by atoms with van der Waals surface area (Å²) in [6.07, 6.45) is 1.80. The van der Waals surface area contributed by atoms with E-state index in [1.807, 2.05) is 0 Å².